The van der Waals surface area contributed by atoms with Gasteiger partial charge in [0.1, 0.15) is 12.1 Å². The Morgan fingerprint density at radius 1 is 1.10 bits per heavy atom. The Balaban J connectivity index is 2.24. The molecule has 2 atom stereocenters. The summed E-state index contributed by atoms with van der Waals surface area (Å²) in [7, 11) is 0. The van der Waals surface area contributed by atoms with Gasteiger partial charge < -0.3 is 10.2 Å². The van der Waals surface area contributed by atoms with Gasteiger partial charge in [0.2, 0.25) is 11.8 Å². The molecule has 4 nitrogen and oxygen atoms in total. The molecular formula is C17H24N2O2. The third-order valence-electron chi connectivity index (χ3n) is 3.94. The number of carbonyl (C=O) groups excluding carboxylic acids is 2. The van der Waals surface area contributed by atoms with Crippen LogP contribution in [0.15, 0.2) is 30.3 Å². The molecule has 1 heterocycles. The van der Waals surface area contributed by atoms with E-state index in [1.807, 2.05) is 37.3 Å². The van der Waals surface area contributed by atoms with Gasteiger partial charge in [-0.1, -0.05) is 57.0 Å². The summed E-state index contributed by atoms with van der Waals surface area (Å²) in [5, 5.41) is 2.89. The van der Waals surface area contributed by atoms with E-state index in [9.17, 15) is 9.59 Å². The van der Waals surface area contributed by atoms with E-state index in [4.69, 9.17) is 0 Å². The first kappa shape index (κ1) is 15.5. The van der Waals surface area contributed by atoms with Crippen LogP contribution in [0.2, 0.25) is 0 Å². The molecule has 2 rings (SSSR count). The number of hydrogen-bond acceptors (Lipinski definition) is 2. The third kappa shape index (κ3) is 3.43. The van der Waals surface area contributed by atoms with Gasteiger partial charge in [-0.3, -0.25) is 9.59 Å². The Labute approximate surface area is 126 Å². The molecule has 0 aliphatic carbocycles. The number of hydrogen-bond donors (Lipinski definition) is 1. The largest absolute Gasteiger partial charge is 0.339 e. The number of rotatable bonds is 6. The Bertz CT molecular complexity index is 487. The normalized spacial score (nSPS) is 22.3. The van der Waals surface area contributed by atoms with Gasteiger partial charge in [0.15, 0.2) is 0 Å². The predicted octanol–water partition coefficient (Wildman–Crippen LogP) is 2.65. The van der Waals surface area contributed by atoms with Crippen LogP contribution >= 0.6 is 0 Å². The average Bonchev–Trinajstić information content (AvgIpc) is 2.51. The van der Waals surface area contributed by atoms with Crippen molar-refractivity contribution in [2.24, 2.45) is 0 Å². The molecule has 4 heteroatoms. The van der Waals surface area contributed by atoms with E-state index in [1.54, 1.807) is 4.90 Å². The lowest BCUT2D eigenvalue weighted by molar-refractivity contribution is -0.150. The molecule has 1 aromatic rings. The Hall–Kier alpha value is -1.84. The van der Waals surface area contributed by atoms with Crippen molar-refractivity contribution >= 4 is 11.8 Å². The van der Waals surface area contributed by atoms with Gasteiger partial charge >= 0.3 is 0 Å². The fourth-order valence-electron chi connectivity index (χ4n) is 2.79. The average molecular weight is 288 g/mol. The SMILES string of the molecule is CCCCN1C(=O)C(c2ccccc2)NC(=O)C1CCC. The first-order valence-corrected chi connectivity index (χ1v) is 7.84. The van der Waals surface area contributed by atoms with Gasteiger partial charge in [-0.05, 0) is 18.4 Å². The predicted molar refractivity (Wildman–Crippen MR) is 82.6 cm³/mol. The summed E-state index contributed by atoms with van der Waals surface area (Å²) >= 11 is 0. The number of unbranched alkanes of at least 4 members (excludes halogenated alkanes) is 1. The number of amides is 2. The minimum absolute atomic E-state index is 0.0210. The van der Waals surface area contributed by atoms with Crippen LogP contribution in [0.25, 0.3) is 0 Å². The highest BCUT2D eigenvalue weighted by Gasteiger charge is 2.40. The summed E-state index contributed by atoms with van der Waals surface area (Å²) in [6.45, 7) is 4.80. The molecule has 1 aliphatic heterocycles. The minimum atomic E-state index is -0.538. The second kappa shape index (κ2) is 7.25. The highest BCUT2D eigenvalue weighted by molar-refractivity contribution is 5.97. The second-order valence-corrected chi connectivity index (χ2v) is 5.54. The zero-order valence-electron chi connectivity index (χ0n) is 12.8. The number of piperazine rings is 1. The van der Waals surface area contributed by atoms with Crippen LogP contribution in [0.4, 0.5) is 0 Å². The van der Waals surface area contributed by atoms with Crippen molar-refractivity contribution in [2.75, 3.05) is 6.54 Å². The molecule has 0 aromatic heterocycles. The molecule has 1 aromatic carbocycles. The summed E-state index contributed by atoms with van der Waals surface area (Å²) in [5.41, 5.74) is 0.854. The third-order valence-corrected chi connectivity index (χ3v) is 3.94. The Morgan fingerprint density at radius 2 is 1.81 bits per heavy atom. The first-order valence-electron chi connectivity index (χ1n) is 7.84. The molecule has 0 radical (unpaired) electrons. The quantitative estimate of drug-likeness (QED) is 0.875. The Morgan fingerprint density at radius 3 is 2.43 bits per heavy atom. The summed E-state index contributed by atoms with van der Waals surface area (Å²) in [6.07, 6.45) is 3.56. The molecule has 0 bridgehead atoms. The maximum atomic E-state index is 12.8. The maximum absolute atomic E-state index is 12.8. The molecule has 0 saturated carbocycles. The first-order chi connectivity index (χ1) is 10.2. The molecule has 2 unspecified atom stereocenters. The highest BCUT2D eigenvalue weighted by Crippen LogP contribution is 2.24. The zero-order chi connectivity index (χ0) is 15.2. The summed E-state index contributed by atoms with van der Waals surface area (Å²) in [6, 6.07) is 8.62. The van der Waals surface area contributed by atoms with Crippen molar-refractivity contribution in [1.29, 1.82) is 0 Å². The lowest BCUT2D eigenvalue weighted by Crippen LogP contribution is -2.59. The van der Waals surface area contributed by atoms with E-state index >= 15 is 0 Å². The lowest BCUT2D eigenvalue weighted by atomic mass is 9.98. The van der Waals surface area contributed by atoms with E-state index in [0.717, 1.165) is 31.2 Å². The smallest absolute Gasteiger partial charge is 0.250 e. The van der Waals surface area contributed by atoms with Crippen molar-refractivity contribution in [1.82, 2.24) is 10.2 Å². The van der Waals surface area contributed by atoms with Crippen LogP contribution in [0.5, 0.6) is 0 Å². The van der Waals surface area contributed by atoms with Gasteiger partial charge in [-0.25, -0.2) is 0 Å². The van der Waals surface area contributed by atoms with Crippen LogP contribution in [0, 0.1) is 0 Å². The summed E-state index contributed by atoms with van der Waals surface area (Å²) in [5.74, 6) is -0.00546. The van der Waals surface area contributed by atoms with Crippen LogP contribution in [-0.4, -0.2) is 29.3 Å². The topological polar surface area (TPSA) is 49.4 Å². The molecule has 114 valence electrons. The van der Waals surface area contributed by atoms with Gasteiger partial charge in [-0.2, -0.15) is 0 Å². The molecule has 21 heavy (non-hydrogen) atoms. The van der Waals surface area contributed by atoms with Crippen LogP contribution < -0.4 is 5.32 Å². The van der Waals surface area contributed by atoms with Crippen molar-refractivity contribution in [3.63, 3.8) is 0 Å². The fourth-order valence-corrected chi connectivity index (χ4v) is 2.79. The number of benzene rings is 1. The second-order valence-electron chi connectivity index (χ2n) is 5.54. The standard InChI is InChI=1S/C17H24N2O2/c1-3-5-12-19-14(9-4-2)16(20)18-15(17(19)21)13-10-7-6-8-11-13/h6-8,10-11,14-15H,3-5,9,12H2,1-2H3,(H,18,20). The molecule has 0 spiro atoms. The van der Waals surface area contributed by atoms with E-state index < -0.39 is 6.04 Å². The summed E-state index contributed by atoms with van der Waals surface area (Å²) in [4.78, 5) is 26.9. The molecule has 2 amide bonds. The molecule has 1 saturated heterocycles. The zero-order valence-corrected chi connectivity index (χ0v) is 12.8. The molecule has 1 aliphatic rings. The maximum Gasteiger partial charge on any atom is 0.250 e. The van der Waals surface area contributed by atoms with E-state index in [1.165, 1.54) is 0 Å². The van der Waals surface area contributed by atoms with Gasteiger partial charge in [-0.15, -0.1) is 0 Å². The molecule has 1 N–H and O–H groups in total. The van der Waals surface area contributed by atoms with Gasteiger partial charge in [0, 0.05) is 6.54 Å². The van der Waals surface area contributed by atoms with Gasteiger partial charge in [0.25, 0.3) is 0 Å². The Kier molecular flexibility index (Phi) is 5.37. The molecule has 1 fully saturated rings. The van der Waals surface area contributed by atoms with Crippen molar-refractivity contribution < 1.29 is 9.59 Å². The van der Waals surface area contributed by atoms with Crippen LogP contribution in [0.3, 0.4) is 0 Å². The van der Waals surface area contributed by atoms with Crippen molar-refractivity contribution in [3.05, 3.63) is 35.9 Å². The van der Waals surface area contributed by atoms with E-state index in [-0.39, 0.29) is 17.9 Å². The number of nitrogens with one attached hydrogen (secondary N) is 1. The lowest BCUT2D eigenvalue weighted by Gasteiger charge is -2.39. The number of nitrogens with zero attached hydrogens (tertiary/aromatic N) is 1. The van der Waals surface area contributed by atoms with E-state index in [0.29, 0.717) is 6.54 Å². The fraction of sp³-hybridized carbons (Fsp3) is 0.529. The number of carbonyl (C=O) groups is 2. The van der Waals surface area contributed by atoms with Crippen LogP contribution in [0.1, 0.15) is 51.1 Å². The van der Waals surface area contributed by atoms with Gasteiger partial charge in [0.05, 0.1) is 0 Å². The van der Waals surface area contributed by atoms with Crippen molar-refractivity contribution in [2.45, 2.75) is 51.6 Å². The van der Waals surface area contributed by atoms with Crippen molar-refractivity contribution in [3.8, 4) is 0 Å². The highest BCUT2D eigenvalue weighted by atomic mass is 16.2. The van der Waals surface area contributed by atoms with Crippen LogP contribution in [-0.2, 0) is 9.59 Å². The minimum Gasteiger partial charge on any atom is -0.339 e. The summed E-state index contributed by atoms with van der Waals surface area (Å²) < 4.78 is 0. The monoisotopic (exact) mass is 288 g/mol. The molecular weight excluding hydrogens is 264 g/mol. The van der Waals surface area contributed by atoms with E-state index in [2.05, 4.69) is 12.2 Å².